The van der Waals surface area contributed by atoms with Gasteiger partial charge in [-0.1, -0.05) is 42.5 Å². The standard InChI is InChI=1S/C17H17N3O2S/c1-20-16(18-19-17(20)14-7-3-2-4-8-14)12-23(22)11-13-6-5-9-15(21)10-13/h2-10,21H,11-12H2,1H3. The predicted octanol–water partition coefficient (Wildman–Crippen LogP) is 2.64. The molecule has 0 bridgehead atoms. The molecular formula is C17H17N3O2S. The highest BCUT2D eigenvalue weighted by atomic mass is 32.2. The summed E-state index contributed by atoms with van der Waals surface area (Å²) in [5, 5.41) is 17.8. The lowest BCUT2D eigenvalue weighted by Gasteiger charge is -2.05. The first kappa shape index (κ1) is 15.4. The van der Waals surface area contributed by atoms with Crippen molar-refractivity contribution in [2.45, 2.75) is 11.5 Å². The summed E-state index contributed by atoms with van der Waals surface area (Å²) in [6.45, 7) is 0. The van der Waals surface area contributed by atoms with Crippen molar-refractivity contribution in [2.24, 2.45) is 7.05 Å². The summed E-state index contributed by atoms with van der Waals surface area (Å²) in [4.78, 5) is 0. The quantitative estimate of drug-likeness (QED) is 0.782. The van der Waals surface area contributed by atoms with Crippen LogP contribution in [0.3, 0.4) is 0 Å². The van der Waals surface area contributed by atoms with E-state index >= 15 is 0 Å². The van der Waals surface area contributed by atoms with Crippen LogP contribution in [0.2, 0.25) is 0 Å². The van der Waals surface area contributed by atoms with E-state index in [2.05, 4.69) is 10.2 Å². The fourth-order valence-corrected chi connectivity index (χ4v) is 3.55. The molecule has 1 heterocycles. The van der Waals surface area contributed by atoms with E-state index < -0.39 is 10.8 Å². The van der Waals surface area contributed by atoms with Crippen molar-refractivity contribution in [3.8, 4) is 17.1 Å². The SMILES string of the molecule is Cn1c(CS(=O)Cc2cccc(O)c2)nnc1-c1ccccc1. The Balaban J connectivity index is 1.73. The maximum atomic E-state index is 12.3. The molecule has 0 aliphatic carbocycles. The maximum absolute atomic E-state index is 12.3. The van der Waals surface area contributed by atoms with Crippen molar-refractivity contribution in [3.63, 3.8) is 0 Å². The molecule has 1 unspecified atom stereocenters. The summed E-state index contributed by atoms with van der Waals surface area (Å²) in [6.07, 6.45) is 0. The van der Waals surface area contributed by atoms with Crippen molar-refractivity contribution >= 4 is 10.8 Å². The molecule has 0 radical (unpaired) electrons. The fraction of sp³-hybridized carbons (Fsp3) is 0.176. The van der Waals surface area contributed by atoms with Gasteiger partial charge >= 0.3 is 0 Å². The van der Waals surface area contributed by atoms with Crippen LogP contribution in [-0.4, -0.2) is 24.1 Å². The average molecular weight is 327 g/mol. The van der Waals surface area contributed by atoms with E-state index in [1.165, 1.54) is 0 Å². The van der Waals surface area contributed by atoms with E-state index in [4.69, 9.17) is 0 Å². The zero-order valence-electron chi connectivity index (χ0n) is 12.7. The number of aromatic hydroxyl groups is 1. The van der Waals surface area contributed by atoms with E-state index in [9.17, 15) is 9.32 Å². The van der Waals surface area contributed by atoms with Crippen molar-refractivity contribution < 1.29 is 9.32 Å². The Hall–Kier alpha value is -2.47. The lowest BCUT2D eigenvalue weighted by molar-refractivity contribution is 0.475. The van der Waals surface area contributed by atoms with Gasteiger partial charge in [0.1, 0.15) is 11.6 Å². The first-order chi connectivity index (χ1) is 11.1. The molecule has 3 rings (SSSR count). The zero-order valence-corrected chi connectivity index (χ0v) is 13.5. The monoisotopic (exact) mass is 327 g/mol. The van der Waals surface area contributed by atoms with Gasteiger partial charge in [0, 0.05) is 29.2 Å². The Bertz CT molecular complexity index is 831. The molecule has 0 aliphatic rings. The molecule has 118 valence electrons. The van der Waals surface area contributed by atoms with Gasteiger partial charge in [0.15, 0.2) is 5.82 Å². The highest BCUT2D eigenvalue weighted by Crippen LogP contribution is 2.18. The highest BCUT2D eigenvalue weighted by molar-refractivity contribution is 7.83. The first-order valence-corrected chi connectivity index (χ1v) is 8.69. The van der Waals surface area contributed by atoms with Crippen LogP contribution in [0.4, 0.5) is 0 Å². The van der Waals surface area contributed by atoms with Crippen LogP contribution >= 0.6 is 0 Å². The predicted molar refractivity (Wildman–Crippen MR) is 90.1 cm³/mol. The second-order valence-electron chi connectivity index (χ2n) is 5.26. The van der Waals surface area contributed by atoms with Crippen molar-refractivity contribution in [1.29, 1.82) is 0 Å². The minimum atomic E-state index is -1.12. The second kappa shape index (κ2) is 6.75. The number of hydrogen-bond acceptors (Lipinski definition) is 4. The number of phenolic OH excluding ortho intramolecular Hbond substituents is 1. The van der Waals surface area contributed by atoms with Crippen LogP contribution in [0.25, 0.3) is 11.4 Å². The van der Waals surface area contributed by atoms with Crippen molar-refractivity contribution in [1.82, 2.24) is 14.8 Å². The molecule has 1 N–H and O–H groups in total. The molecular weight excluding hydrogens is 310 g/mol. The molecule has 0 aliphatic heterocycles. The first-order valence-electron chi connectivity index (χ1n) is 7.20. The normalized spacial score (nSPS) is 12.2. The zero-order chi connectivity index (χ0) is 16.2. The number of benzene rings is 2. The van der Waals surface area contributed by atoms with Gasteiger partial charge in [-0.2, -0.15) is 0 Å². The number of phenols is 1. The number of aromatic nitrogens is 3. The molecule has 1 aromatic heterocycles. The van der Waals surface area contributed by atoms with Crippen LogP contribution in [0.15, 0.2) is 54.6 Å². The Labute approximate surface area is 137 Å². The Kier molecular flexibility index (Phi) is 4.52. The molecule has 1 atom stereocenters. The third-order valence-corrected chi connectivity index (χ3v) is 4.76. The van der Waals surface area contributed by atoms with Gasteiger partial charge in [-0.3, -0.25) is 4.21 Å². The molecule has 0 saturated carbocycles. The summed E-state index contributed by atoms with van der Waals surface area (Å²) in [5.41, 5.74) is 1.82. The Morgan fingerprint density at radius 3 is 2.57 bits per heavy atom. The van der Waals surface area contributed by atoms with Gasteiger partial charge < -0.3 is 9.67 Å². The van der Waals surface area contributed by atoms with E-state index in [0.717, 1.165) is 17.0 Å². The van der Waals surface area contributed by atoms with Gasteiger partial charge in [0.2, 0.25) is 0 Å². The average Bonchev–Trinajstić information content (AvgIpc) is 2.89. The Morgan fingerprint density at radius 2 is 1.83 bits per heavy atom. The molecule has 5 nitrogen and oxygen atoms in total. The molecule has 0 fully saturated rings. The smallest absolute Gasteiger partial charge is 0.163 e. The summed E-state index contributed by atoms with van der Waals surface area (Å²) in [5.74, 6) is 2.33. The van der Waals surface area contributed by atoms with Crippen LogP contribution in [0, 0.1) is 0 Å². The topological polar surface area (TPSA) is 68.0 Å². The fourth-order valence-electron chi connectivity index (χ4n) is 2.35. The van der Waals surface area contributed by atoms with Gasteiger partial charge in [-0.25, -0.2) is 0 Å². The van der Waals surface area contributed by atoms with Gasteiger partial charge in [0.25, 0.3) is 0 Å². The molecule has 0 spiro atoms. The maximum Gasteiger partial charge on any atom is 0.163 e. The number of rotatable bonds is 5. The van der Waals surface area contributed by atoms with E-state index in [0.29, 0.717) is 17.3 Å². The van der Waals surface area contributed by atoms with E-state index in [-0.39, 0.29) is 5.75 Å². The molecule has 6 heteroatoms. The van der Waals surface area contributed by atoms with E-state index in [1.807, 2.05) is 48.0 Å². The Morgan fingerprint density at radius 1 is 1.04 bits per heavy atom. The van der Waals surface area contributed by atoms with Crippen molar-refractivity contribution in [2.75, 3.05) is 0 Å². The van der Waals surface area contributed by atoms with Crippen molar-refractivity contribution in [3.05, 3.63) is 66.0 Å². The minimum Gasteiger partial charge on any atom is -0.508 e. The van der Waals surface area contributed by atoms with Gasteiger partial charge in [0.05, 0.1) is 5.75 Å². The molecule has 0 amide bonds. The molecule has 2 aromatic carbocycles. The third-order valence-electron chi connectivity index (χ3n) is 3.53. The summed E-state index contributed by atoms with van der Waals surface area (Å²) in [7, 11) is 0.760. The minimum absolute atomic E-state index is 0.185. The third kappa shape index (κ3) is 3.65. The van der Waals surface area contributed by atoms with E-state index in [1.54, 1.807) is 18.2 Å². The summed E-state index contributed by atoms with van der Waals surface area (Å²) < 4.78 is 14.2. The number of hydrogen-bond donors (Lipinski definition) is 1. The molecule has 0 saturated heterocycles. The largest absolute Gasteiger partial charge is 0.508 e. The van der Waals surface area contributed by atoms with Crippen LogP contribution < -0.4 is 0 Å². The lowest BCUT2D eigenvalue weighted by atomic mass is 10.2. The van der Waals surface area contributed by atoms with Gasteiger partial charge in [-0.15, -0.1) is 10.2 Å². The molecule has 3 aromatic rings. The van der Waals surface area contributed by atoms with Gasteiger partial charge in [-0.05, 0) is 17.7 Å². The summed E-state index contributed by atoms with van der Waals surface area (Å²) in [6, 6.07) is 16.6. The second-order valence-corrected chi connectivity index (χ2v) is 6.72. The summed E-state index contributed by atoms with van der Waals surface area (Å²) >= 11 is 0. The lowest BCUT2D eigenvalue weighted by Crippen LogP contribution is -2.06. The van der Waals surface area contributed by atoms with Crippen LogP contribution in [0.5, 0.6) is 5.75 Å². The highest BCUT2D eigenvalue weighted by Gasteiger charge is 2.13. The number of nitrogens with zero attached hydrogens (tertiary/aromatic N) is 3. The van der Waals surface area contributed by atoms with Crippen LogP contribution in [0.1, 0.15) is 11.4 Å². The molecule has 23 heavy (non-hydrogen) atoms. The van der Waals surface area contributed by atoms with Crippen LogP contribution in [-0.2, 0) is 29.4 Å².